The van der Waals surface area contributed by atoms with Crippen molar-refractivity contribution < 1.29 is 14.8 Å². The van der Waals surface area contributed by atoms with Crippen molar-refractivity contribution in [2.75, 3.05) is 5.32 Å². The normalized spacial score (nSPS) is 16.3. The molecular formula is C20H22N2O4S. The van der Waals surface area contributed by atoms with Gasteiger partial charge in [0.2, 0.25) is 0 Å². The van der Waals surface area contributed by atoms with Gasteiger partial charge in [-0.15, -0.1) is 11.3 Å². The number of aliphatic carboxylic acids is 1. The number of carboxylic acids is 1. The molecule has 2 N–H and O–H groups in total. The van der Waals surface area contributed by atoms with Crippen molar-refractivity contribution in [3.8, 4) is 0 Å². The van der Waals surface area contributed by atoms with Crippen LogP contribution in [0.3, 0.4) is 0 Å². The number of rotatable bonds is 5. The quantitative estimate of drug-likeness (QED) is 0.552. The number of carboxylic acid groups (broad SMARTS) is 1. The summed E-state index contributed by atoms with van der Waals surface area (Å²) in [4.78, 5) is 24.0. The van der Waals surface area contributed by atoms with Gasteiger partial charge in [0.1, 0.15) is 0 Å². The largest absolute Gasteiger partial charge is 0.478 e. The molecule has 3 rings (SSSR count). The van der Waals surface area contributed by atoms with Gasteiger partial charge >= 0.3 is 5.97 Å². The zero-order chi connectivity index (χ0) is 19.9. The maximum Gasteiger partial charge on any atom is 0.334 e. The Morgan fingerprint density at radius 2 is 2.07 bits per heavy atom. The van der Waals surface area contributed by atoms with Gasteiger partial charge in [-0.3, -0.25) is 10.1 Å². The summed E-state index contributed by atoms with van der Waals surface area (Å²) >= 11 is 1.61. The van der Waals surface area contributed by atoms with Gasteiger partial charge < -0.3 is 10.4 Å². The highest BCUT2D eigenvalue weighted by atomic mass is 32.1. The van der Waals surface area contributed by atoms with E-state index in [1.807, 2.05) is 6.92 Å². The molecule has 0 radical (unpaired) electrons. The third-order valence-corrected chi connectivity index (χ3v) is 5.87. The summed E-state index contributed by atoms with van der Waals surface area (Å²) in [6.07, 6.45) is 0.830. The smallest absolute Gasteiger partial charge is 0.334 e. The number of nitro groups is 1. The van der Waals surface area contributed by atoms with E-state index in [1.165, 1.54) is 12.1 Å². The van der Waals surface area contributed by atoms with Crippen molar-refractivity contribution >= 4 is 28.0 Å². The third-order valence-electron chi connectivity index (χ3n) is 4.79. The highest BCUT2D eigenvalue weighted by Crippen LogP contribution is 2.49. The second-order valence-electron chi connectivity index (χ2n) is 7.23. The molecular weight excluding hydrogens is 364 g/mol. The van der Waals surface area contributed by atoms with Crippen LogP contribution in [-0.4, -0.2) is 16.0 Å². The highest BCUT2D eigenvalue weighted by Gasteiger charge is 2.36. The van der Waals surface area contributed by atoms with E-state index in [4.69, 9.17) is 0 Å². The molecule has 1 aliphatic heterocycles. The van der Waals surface area contributed by atoms with Crippen LogP contribution in [0.1, 0.15) is 48.3 Å². The van der Waals surface area contributed by atoms with Gasteiger partial charge in [0, 0.05) is 34.2 Å². The Balaban J connectivity index is 2.28. The summed E-state index contributed by atoms with van der Waals surface area (Å²) in [5.74, 6) is -1.13. The summed E-state index contributed by atoms with van der Waals surface area (Å²) in [7, 11) is 0. The fourth-order valence-electron chi connectivity index (χ4n) is 3.69. The Morgan fingerprint density at radius 3 is 2.67 bits per heavy atom. The van der Waals surface area contributed by atoms with Crippen LogP contribution in [-0.2, 0) is 11.2 Å². The number of anilines is 1. The molecule has 0 fully saturated rings. The van der Waals surface area contributed by atoms with Gasteiger partial charge in [-0.1, -0.05) is 26.0 Å². The lowest BCUT2D eigenvalue weighted by Crippen LogP contribution is -2.23. The fourth-order valence-corrected chi connectivity index (χ4v) is 4.87. The van der Waals surface area contributed by atoms with Crippen LogP contribution in [0.2, 0.25) is 0 Å². The molecule has 142 valence electrons. The molecule has 7 heteroatoms. The summed E-state index contributed by atoms with van der Waals surface area (Å²) in [5, 5.41) is 25.3. The van der Waals surface area contributed by atoms with Crippen LogP contribution in [0.5, 0.6) is 0 Å². The number of hydrogen-bond donors (Lipinski definition) is 2. The highest BCUT2D eigenvalue weighted by molar-refractivity contribution is 7.16. The minimum absolute atomic E-state index is 0.0349. The lowest BCUT2D eigenvalue weighted by molar-refractivity contribution is -0.384. The molecule has 0 bridgehead atoms. The van der Waals surface area contributed by atoms with Crippen molar-refractivity contribution in [2.45, 2.75) is 40.0 Å². The van der Waals surface area contributed by atoms with Crippen LogP contribution in [0.4, 0.5) is 10.7 Å². The lowest BCUT2D eigenvalue weighted by Gasteiger charge is -2.28. The average Bonchev–Trinajstić information content (AvgIpc) is 2.88. The first kappa shape index (κ1) is 19.1. The van der Waals surface area contributed by atoms with E-state index in [-0.39, 0.29) is 11.3 Å². The molecule has 1 aliphatic rings. The molecule has 0 saturated heterocycles. The van der Waals surface area contributed by atoms with Crippen LogP contribution < -0.4 is 5.32 Å². The first-order valence-electron chi connectivity index (χ1n) is 8.78. The molecule has 2 aromatic rings. The van der Waals surface area contributed by atoms with Gasteiger partial charge in [0.05, 0.1) is 15.5 Å². The van der Waals surface area contributed by atoms with Crippen molar-refractivity contribution in [3.05, 3.63) is 67.2 Å². The van der Waals surface area contributed by atoms with Gasteiger partial charge in [0.15, 0.2) is 0 Å². The Hall–Kier alpha value is -2.67. The van der Waals surface area contributed by atoms with Crippen molar-refractivity contribution in [1.82, 2.24) is 0 Å². The van der Waals surface area contributed by atoms with Gasteiger partial charge in [-0.05, 0) is 37.3 Å². The molecule has 0 aliphatic carbocycles. The van der Waals surface area contributed by atoms with Gasteiger partial charge in [-0.25, -0.2) is 4.79 Å². The zero-order valence-corrected chi connectivity index (χ0v) is 16.5. The van der Waals surface area contributed by atoms with Crippen molar-refractivity contribution in [3.63, 3.8) is 0 Å². The van der Waals surface area contributed by atoms with E-state index in [1.54, 1.807) is 30.4 Å². The fraction of sp³-hybridized carbons (Fsp3) is 0.350. The molecule has 2 heterocycles. The number of nitro benzene ring substituents is 1. The molecule has 1 atom stereocenters. The minimum Gasteiger partial charge on any atom is -0.478 e. The summed E-state index contributed by atoms with van der Waals surface area (Å²) in [6, 6.07) is 6.30. The number of thiophene rings is 1. The summed E-state index contributed by atoms with van der Waals surface area (Å²) < 4.78 is 0. The Bertz CT molecular complexity index is 959. The Kier molecular flexibility index (Phi) is 5.06. The number of benzene rings is 1. The van der Waals surface area contributed by atoms with E-state index in [0.29, 0.717) is 17.2 Å². The maximum atomic E-state index is 12.1. The molecule has 1 aromatic heterocycles. The number of non-ortho nitro benzene ring substituents is 1. The average molecular weight is 386 g/mol. The van der Waals surface area contributed by atoms with E-state index in [2.05, 4.69) is 19.2 Å². The number of aryl methyl sites for hydroxylation is 1. The molecule has 0 amide bonds. The van der Waals surface area contributed by atoms with Crippen molar-refractivity contribution in [1.29, 1.82) is 0 Å². The molecule has 6 nitrogen and oxygen atoms in total. The number of nitrogens with zero attached hydrogens (tertiary/aromatic N) is 1. The first-order valence-corrected chi connectivity index (χ1v) is 9.60. The predicted octanol–water partition coefficient (Wildman–Crippen LogP) is 5.08. The zero-order valence-electron chi connectivity index (χ0n) is 15.7. The standard InChI is InChI=1S/C20H22N2O4S/c1-10(2)8-15-12(4)27-19-18(15)17(16(20(23)24)11(3)21-19)13-6-5-7-14(9-13)22(25)26/h5-7,9-10,17,21H,8H2,1-4H3,(H,23,24). The third kappa shape index (κ3) is 3.47. The van der Waals surface area contributed by atoms with E-state index in [9.17, 15) is 20.0 Å². The van der Waals surface area contributed by atoms with Crippen LogP contribution >= 0.6 is 11.3 Å². The SMILES string of the molecule is CC1=C(C(=O)O)C(c2cccc([N+](=O)[O-])c2)c2c(sc(C)c2CC(C)C)N1. The lowest BCUT2D eigenvalue weighted by atomic mass is 9.79. The topological polar surface area (TPSA) is 92.5 Å². The number of fused-ring (bicyclic) bond motifs is 1. The second-order valence-corrected chi connectivity index (χ2v) is 8.46. The molecule has 27 heavy (non-hydrogen) atoms. The number of nitrogens with one attached hydrogen (secondary N) is 1. The second kappa shape index (κ2) is 7.15. The van der Waals surface area contributed by atoms with Crippen LogP contribution in [0.15, 0.2) is 35.5 Å². The molecule has 0 saturated carbocycles. The number of carbonyl (C=O) groups is 1. The van der Waals surface area contributed by atoms with Crippen LogP contribution in [0, 0.1) is 23.0 Å². The van der Waals surface area contributed by atoms with Gasteiger partial charge in [-0.2, -0.15) is 0 Å². The predicted molar refractivity (Wildman–Crippen MR) is 106 cm³/mol. The minimum atomic E-state index is -1.01. The summed E-state index contributed by atoms with van der Waals surface area (Å²) in [6.45, 7) is 8.04. The van der Waals surface area contributed by atoms with Crippen molar-refractivity contribution in [2.24, 2.45) is 5.92 Å². The Morgan fingerprint density at radius 1 is 1.37 bits per heavy atom. The maximum absolute atomic E-state index is 12.1. The molecule has 1 aromatic carbocycles. The molecule has 0 spiro atoms. The van der Waals surface area contributed by atoms with E-state index < -0.39 is 16.8 Å². The molecule has 1 unspecified atom stereocenters. The van der Waals surface area contributed by atoms with Crippen LogP contribution in [0.25, 0.3) is 0 Å². The van der Waals surface area contributed by atoms with Gasteiger partial charge in [0.25, 0.3) is 5.69 Å². The van der Waals surface area contributed by atoms with E-state index >= 15 is 0 Å². The summed E-state index contributed by atoms with van der Waals surface area (Å²) in [5.41, 5.74) is 3.49. The Labute approximate surface area is 161 Å². The first-order chi connectivity index (χ1) is 12.7. The number of allylic oxidation sites excluding steroid dienone is 1. The monoisotopic (exact) mass is 386 g/mol. The van der Waals surface area contributed by atoms with E-state index in [0.717, 1.165) is 27.4 Å². The number of hydrogen-bond acceptors (Lipinski definition) is 5.